The molecule has 0 unspecified atom stereocenters. The average Bonchev–Trinajstić information content (AvgIpc) is 2.32. The number of aliphatic hydroxyl groups is 1. The Morgan fingerprint density at radius 3 is 2.89 bits per heavy atom. The molecule has 0 aromatic heterocycles. The van der Waals surface area contributed by atoms with Crippen LogP contribution in [-0.2, 0) is 4.79 Å². The van der Waals surface area contributed by atoms with Gasteiger partial charge in [-0.3, -0.25) is 4.79 Å². The summed E-state index contributed by atoms with van der Waals surface area (Å²) in [6.45, 7) is 2.43. The first-order valence-electron chi connectivity index (χ1n) is 5.91. The lowest BCUT2D eigenvalue weighted by molar-refractivity contribution is -0.157. The highest BCUT2D eigenvalue weighted by molar-refractivity contribution is 5.79. The van der Waals surface area contributed by atoms with E-state index in [1.165, 1.54) is 23.1 Å². The molecule has 4 nitrogen and oxygen atoms in total. The van der Waals surface area contributed by atoms with E-state index in [1.807, 2.05) is 6.92 Å². The van der Waals surface area contributed by atoms with Crippen molar-refractivity contribution < 1.29 is 19.0 Å². The van der Waals surface area contributed by atoms with Crippen LogP contribution in [0, 0.1) is 5.82 Å². The van der Waals surface area contributed by atoms with E-state index in [2.05, 4.69) is 0 Å². The largest absolute Gasteiger partial charge is 0.484 e. The summed E-state index contributed by atoms with van der Waals surface area (Å²) in [5.41, 5.74) is -0.742. The van der Waals surface area contributed by atoms with E-state index >= 15 is 0 Å². The van der Waals surface area contributed by atoms with E-state index in [0.29, 0.717) is 25.3 Å². The molecule has 0 saturated carbocycles. The zero-order valence-electron chi connectivity index (χ0n) is 10.2. The van der Waals surface area contributed by atoms with Crippen molar-refractivity contribution in [3.63, 3.8) is 0 Å². The normalized spacial score (nSPS) is 17.2. The van der Waals surface area contributed by atoms with Gasteiger partial charge in [0, 0.05) is 6.07 Å². The molecule has 5 heteroatoms. The van der Waals surface area contributed by atoms with Gasteiger partial charge < -0.3 is 14.7 Å². The number of carbonyl (C=O) groups is 1. The molecule has 1 N–H and O–H groups in total. The van der Waals surface area contributed by atoms with Crippen molar-refractivity contribution >= 4 is 5.91 Å². The fraction of sp³-hybridized carbons (Fsp3) is 0.462. The molecule has 1 aromatic carbocycles. The number of likely N-dealkylation sites (tertiary alicyclic amines) is 1. The minimum Gasteiger partial charge on any atom is -0.484 e. The Balaban J connectivity index is 1.80. The van der Waals surface area contributed by atoms with Gasteiger partial charge in [-0.2, -0.15) is 0 Å². The number of β-amino-alcohol motifs (C(OH)–C–C–N with tert-alkyl or cyclic N) is 1. The zero-order valence-corrected chi connectivity index (χ0v) is 10.2. The zero-order chi connectivity index (χ0) is 13.2. The van der Waals surface area contributed by atoms with E-state index in [0.717, 1.165) is 0 Å². The number of nitrogens with zero attached hydrogens (tertiary/aromatic N) is 1. The maximum atomic E-state index is 12.9. The lowest BCUT2D eigenvalue weighted by Crippen LogP contribution is -2.63. The SMILES string of the molecule is CCC1(O)CN(C(=O)COc2cccc(F)c2)C1. The van der Waals surface area contributed by atoms with Gasteiger partial charge in [-0.05, 0) is 18.6 Å². The van der Waals surface area contributed by atoms with Crippen LogP contribution in [0.1, 0.15) is 13.3 Å². The highest BCUT2D eigenvalue weighted by Gasteiger charge is 2.41. The molecule has 98 valence electrons. The Bertz CT molecular complexity index is 444. The Labute approximate surface area is 105 Å². The van der Waals surface area contributed by atoms with Crippen LogP contribution in [0.5, 0.6) is 5.75 Å². The molecule has 1 aliphatic rings. The van der Waals surface area contributed by atoms with Crippen LogP contribution in [0.25, 0.3) is 0 Å². The monoisotopic (exact) mass is 253 g/mol. The summed E-state index contributed by atoms with van der Waals surface area (Å²) in [4.78, 5) is 13.2. The lowest BCUT2D eigenvalue weighted by Gasteiger charge is -2.45. The molecule has 1 aliphatic heterocycles. The van der Waals surface area contributed by atoms with Crippen molar-refractivity contribution in [2.75, 3.05) is 19.7 Å². The summed E-state index contributed by atoms with van der Waals surface area (Å²) >= 11 is 0. The van der Waals surface area contributed by atoms with E-state index < -0.39 is 11.4 Å². The number of halogens is 1. The van der Waals surface area contributed by atoms with Crippen LogP contribution in [0.3, 0.4) is 0 Å². The van der Waals surface area contributed by atoms with Gasteiger partial charge in [-0.15, -0.1) is 0 Å². The summed E-state index contributed by atoms with van der Waals surface area (Å²) in [5, 5.41) is 9.78. The predicted molar refractivity (Wildman–Crippen MR) is 63.7 cm³/mol. The van der Waals surface area contributed by atoms with Gasteiger partial charge in [0.25, 0.3) is 5.91 Å². The Hall–Kier alpha value is -1.62. The fourth-order valence-corrected chi connectivity index (χ4v) is 1.86. The molecule has 1 aromatic rings. The lowest BCUT2D eigenvalue weighted by atomic mass is 9.91. The van der Waals surface area contributed by atoms with Crippen molar-refractivity contribution in [1.29, 1.82) is 0 Å². The third-order valence-corrected chi connectivity index (χ3v) is 3.14. The number of benzene rings is 1. The average molecular weight is 253 g/mol. The molecule has 1 fully saturated rings. The van der Waals surface area contributed by atoms with Crippen molar-refractivity contribution in [3.8, 4) is 5.75 Å². The first-order valence-corrected chi connectivity index (χ1v) is 5.91. The molecular formula is C13H16FNO3. The second kappa shape index (κ2) is 4.94. The van der Waals surface area contributed by atoms with Crippen LogP contribution >= 0.6 is 0 Å². The fourth-order valence-electron chi connectivity index (χ4n) is 1.86. The summed E-state index contributed by atoms with van der Waals surface area (Å²) in [7, 11) is 0. The van der Waals surface area contributed by atoms with Gasteiger partial charge in [0.05, 0.1) is 18.7 Å². The van der Waals surface area contributed by atoms with E-state index in [1.54, 1.807) is 6.07 Å². The highest BCUT2D eigenvalue weighted by Crippen LogP contribution is 2.24. The van der Waals surface area contributed by atoms with Gasteiger partial charge in [0.15, 0.2) is 6.61 Å². The highest BCUT2D eigenvalue weighted by atomic mass is 19.1. The Morgan fingerprint density at radius 2 is 2.28 bits per heavy atom. The van der Waals surface area contributed by atoms with Crippen molar-refractivity contribution in [1.82, 2.24) is 4.90 Å². The summed E-state index contributed by atoms with van der Waals surface area (Å²) < 4.78 is 18.1. The predicted octanol–water partition coefficient (Wildman–Crippen LogP) is 1.19. The van der Waals surface area contributed by atoms with Crippen LogP contribution in [0.2, 0.25) is 0 Å². The maximum absolute atomic E-state index is 12.9. The van der Waals surface area contributed by atoms with Crippen LogP contribution in [-0.4, -0.2) is 41.2 Å². The standard InChI is InChI=1S/C13H16FNO3/c1-2-13(17)8-15(9-13)12(16)7-18-11-5-3-4-10(14)6-11/h3-6,17H,2,7-9H2,1H3. The minimum atomic E-state index is -0.742. The molecular weight excluding hydrogens is 237 g/mol. The molecule has 0 aliphatic carbocycles. The van der Waals surface area contributed by atoms with Crippen LogP contribution < -0.4 is 4.74 Å². The van der Waals surface area contributed by atoms with Crippen molar-refractivity contribution in [2.45, 2.75) is 18.9 Å². The topological polar surface area (TPSA) is 49.8 Å². The number of rotatable bonds is 4. The number of hydrogen-bond acceptors (Lipinski definition) is 3. The number of ether oxygens (including phenoxy) is 1. The number of hydrogen-bond donors (Lipinski definition) is 1. The molecule has 0 atom stereocenters. The molecule has 2 rings (SSSR count). The number of amides is 1. The summed E-state index contributed by atoms with van der Waals surface area (Å²) in [6, 6.07) is 5.65. The van der Waals surface area contributed by atoms with E-state index in [9.17, 15) is 14.3 Å². The smallest absolute Gasteiger partial charge is 0.260 e. The first kappa shape index (κ1) is 12.8. The van der Waals surface area contributed by atoms with E-state index in [-0.39, 0.29) is 12.5 Å². The van der Waals surface area contributed by atoms with Gasteiger partial charge in [-0.25, -0.2) is 4.39 Å². The molecule has 0 spiro atoms. The summed E-state index contributed by atoms with van der Waals surface area (Å²) in [5.74, 6) is -0.267. The Kier molecular flexibility index (Phi) is 3.52. The second-order valence-corrected chi connectivity index (χ2v) is 4.57. The van der Waals surface area contributed by atoms with Crippen LogP contribution in [0.15, 0.2) is 24.3 Å². The van der Waals surface area contributed by atoms with Crippen molar-refractivity contribution in [3.05, 3.63) is 30.1 Å². The Morgan fingerprint density at radius 1 is 1.56 bits per heavy atom. The first-order chi connectivity index (χ1) is 8.52. The third-order valence-electron chi connectivity index (χ3n) is 3.14. The van der Waals surface area contributed by atoms with E-state index in [4.69, 9.17) is 4.74 Å². The molecule has 1 saturated heterocycles. The maximum Gasteiger partial charge on any atom is 0.260 e. The molecule has 1 amide bonds. The van der Waals surface area contributed by atoms with Crippen molar-refractivity contribution in [2.24, 2.45) is 0 Å². The molecule has 1 heterocycles. The number of carbonyl (C=O) groups excluding carboxylic acids is 1. The quantitative estimate of drug-likeness (QED) is 0.876. The van der Waals surface area contributed by atoms with Gasteiger partial charge in [0.1, 0.15) is 11.6 Å². The minimum absolute atomic E-state index is 0.136. The molecule has 0 radical (unpaired) electrons. The third kappa shape index (κ3) is 2.79. The van der Waals surface area contributed by atoms with Gasteiger partial charge in [-0.1, -0.05) is 13.0 Å². The van der Waals surface area contributed by atoms with Gasteiger partial charge >= 0.3 is 0 Å². The molecule has 0 bridgehead atoms. The molecule has 18 heavy (non-hydrogen) atoms. The van der Waals surface area contributed by atoms with Crippen LogP contribution in [0.4, 0.5) is 4.39 Å². The second-order valence-electron chi connectivity index (χ2n) is 4.57. The summed E-state index contributed by atoms with van der Waals surface area (Å²) in [6.07, 6.45) is 0.627. The van der Waals surface area contributed by atoms with Gasteiger partial charge in [0.2, 0.25) is 0 Å².